The Balaban J connectivity index is 1.46. The third kappa shape index (κ3) is 5.27. The second-order valence-corrected chi connectivity index (χ2v) is 7.99. The molecule has 186 valence electrons. The number of carbonyl (C=O) groups excluding carboxylic acids is 3. The summed E-state index contributed by atoms with van der Waals surface area (Å²) in [5, 5.41) is 10.5. The van der Waals surface area contributed by atoms with Crippen molar-refractivity contribution in [2.45, 2.75) is 19.1 Å². The molecule has 2 aromatic carbocycles. The molecule has 2 heterocycles. The standard InChI is InChI=1S/C24H21F3N6O3/c25-24(26,27)18-5-2-1-4-17(18)22(35)33-13-3-12-32(23(33)36)20-11-10-19(30-31-20)21(34)29-14-15-6-8-16(28)9-7-15/h1-2,4-11H,3,12-14,28H2,(H,29,34). The number of imide groups is 1. The Morgan fingerprint density at radius 3 is 2.36 bits per heavy atom. The summed E-state index contributed by atoms with van der Waals surface area (Å²) in [4.78, 5) is 40.2. The quantitative estimate of drug-likeness (QED) is 0.520. The maximum absolute atomic E-state index is 13.4. The minimum atomic E-state index is -4.75. The van der Waals surface area contributed by atoms with Gasteiger partial charge in [0.15, 0.2) is 11.5 Å². The molecule has 9 nitrogen and oxygen atoms in total. The number of hydrogen-bond acceptors (Lipinski definition) is 6. The van der Waals surface area contributed by atoms with Crippen LogP contribution in [-0.2, 0) is 12.7 Å². The predicted octanol–water partition coefficient (Wildman–Crippen LogP) is 3.48. The van der Waals surface area contributed by atoms with E-state index >= 15 is 0 Å². The summed E-state index contributed by atoms with van der Waals surface area (Å²) in [6.45, 7) is 0.379. The average molecular weight is 498 g/mol. The number of anilines is 2. The van der Waals surface area contributed by atoms with Crippen LogP contribution in [0.5, 0.6) is 0 Å². The Morgan fingerprint density at radius 2 is 1.69 bits per heavy atom. The molecule has 1 fully saturated rings. The molecular formula is C24H21F3N6O3. The third-order valence-corrected chi connectivity index (χ3v) is 5.53. The van der Waals surface area contributed by atoms with E-state index < -0.39 is 35.1 Å². The molecule has 4 rings (SSSR count). The molecule has 36 heavy (non-hydrogen) atoms. The lowest BCUT2D eigenvalue weighted by Crippen LogP contribution is -2.52. The molecule has 3 N–H and O–H groups in total. The highest BCUT2D eigenvalue weighted by Gasteiger charge is 2.39. The molecule has 0 aliphatic carbocycles. The van der Waals surface area contributed by atoms with E-state index in [2.05, 4.69) is 15.5 Å². The van der Waals surface area contributed by atoms with E-state index in [1.54, 1.807) is 24.3 Å². The zero-order valence-corrected chi connectivity index (χ0v) is 18.8. The SMILES string of the molecule is Nc1ccc(CNC(=O)c2ccc(N3CCCN(C(=O)c4ccccc4C(F)(F)F)C3=O)nn2)cc1. The molecule has 0 bridgehead atoms. The zero-order valence-electron chi connectivity index (χ0n) is 18.8. The summed E-state index contributed by atoms with van der Waals surface area (Å²) in [6.07, 6.45) is -4.43. The first-order valence-electron chi connectivity index (χ1n) is 10.9. The van der Waals surface area contributed by atoms with Gasteiger partial charge >= 0.3 is 12.2 Å². The lowest BCUT2D eigenvalue weighted by molar-refractivity contribution is -0.138. The van der Waals surface area contributed by atoms with E-state index in [9.17, 15) is 27.6 Å². The number of carbonyl (C=O) groups is 3. The summed E-state index contributed by atoms with van der Waals surface area (Å²) in [5.41, 5.74) is 5.35. The topological polar surface area (TPSA) is 122 Å². The summed E-state index contributed by atoms with van der Waals surface area (Å²) in [7, 11) is 0. The molecule has 1 aliphatic rings. The van der Waals surface area contributed by atoms with Crippen LogP contribution in [0.1, 0.15) is 38.4 Å². The highest BCUT2D eigenvalue weighted by molar-refractivity contribution is 6.09. The number of amides is 4. The Labute approximate surface area is 203 Å². The van der Waals surface area contributed by atoms with Crippen LogP contribution in [0, 0.1) is 0 Å². The van der Waals surface area contributed by atoms with Crippen molar-refractivity contribution in [3.63, 3.8) is 0 Å². The predicted molar refractivity (Wildman–Crippen MR) is 124 cm³/mol. The molecule has 12 heteroatoms. The molecule has 3 aromatic rings. The van der Waals surface area contributed by atoms with Crippen molar-refractivity contribution in [1.82, 2.24) is 20.4 Å². The molecule has 4 amide bonds. The van der Waals surface area contributed by atoms with Crippen molar-refractivity contribution in [3.05, 3.63) is 83.0 Å². The Bertz CT molecular complexity index is 1280. The van der Waals surface area contributed by atoms with Crippen molar-refractivity contribution < 1.29 is 27.6 Å². The van der Waals surface area contributed by atoms with Crippen molar-refractivity contribution in [2.24, 2.45) is 0 Å². The molecule has 0 spiro atoms. The second kappa shape index (κ2) is 10.0. The molecular weight excluding hydrogens is 477 g/mol. The number of aromatic nitrogens is 2. The smallest absolute Gasteiger partial charge is 0.399 e. The molecule has 0 saturated carbocycles. The number of urea groups is 1. The van der Waals surface area contributed by atoms with Gasteiger partial charge in [-0.2, -0.15) is 13.2 Å². The van der Waals surface area contributed by atoms with E-state index in [1.807, 2.05) is 0 Å². The van der Waals surface area contributed by atoms with Crippen LogP contribution in [0.2, 0.25) is 0 Å². The minimum Gasteiger partial charge on any atom is -0.399 e. The van der Waals surface area contributed by atoms with E-state index in [0.717, 1.165) is 27.5 Å². The molecule has 0 unspecified atom stereocenters. The number of benzene rings is 2. The highest BCUT2D eigenvalue weighted by Crippen LogP contribution is 2.33. The van der Waals surface area contributed by atoms with Gasteiger partial charge in [-0.25, -0.2) is 4.79 Å². The first-order valence-corrected chi connectivity index (χ1v) is 10.9. The van der Waals surface area contributed by atoms with E-state index in [1.165, 1.54) is 24.3 Å². The Kier molecular flexibility index (Phi) is 6.86. The fraction of sp³-hybridized carbons (Fsp3) is 0.208. The minimum absolute atomic E-state index is 0.00527. The van der Waals surface area contributed by atoms with E-state index in [-0.39, 0.29) is 31.1 Å². The molecule has 1 aliphatic heterocycles. The van der Waals surface area contributed by atoms with Crippen molar-refractivity contribution >= 4 is 29.4 Å². The maximum atomic E-state index is 13.4. The molecule has 0 atom stereocenters. The van der Waals surface area contributed by atoms with E-state index in [0.29, 0.717) is 12.1 Å². The maximum Gasteiger partial charge on any atom is 0.417 e. The highest BCUT2D eigenvalue weighted by atomic mass is 19.4. The van der Waals surface area contributed by atoms with Crippen LogP contribution in [-0.4, -0.2) is 46.0 Å². The number of nitrogen functional groups attached to an aromatic ring is 1. The van der Waals surface area contributed by atoms with Crippen molar-refractivity contribution in [2.75, 3.05) is 23.7 Å². The van der Waals surface area contributed by atoms with Crippen LogP contribution in [0.3, 0.4) is 0 Å². The van der Waals surface area contributed by atoms with Gasteiger partial charge < -0.3 is 11.1 Å². The Morgan fingerprint density at radius 1 is 0.972 bits per heavy atom. The molecule has 1 aromatic heterocycles. The summed E-state index contributed by atoms with van der Waals surface area (Å²) in [6, 6.07) is 13.2. The summed E-state index contributed by atoms with van der Waals surface area (Å²) in [5.74, 6) is -1.47. The molecule has 0 radical (unpaired) electrons. The third-order valence-electron chi connectivity index (χ3n) is 5.53. The van der Waals surface area contributed by atoms with Crippen LogP contribution in [0.25, 0.3) is 0 Å². The number of nitrogens with one attached hydrogen (secondary N) is 1. The fourth-order valence-corrected chi connectivity index (χ4v) is 3.69. The van der Waals surface area contributed by atoms with Crippen molar-refractivity contribution in [1.29, 1.82) is 0 Å². The normalized spacial score (nSPS) is 14.0. The number of rotatable bonds is 5. The zero-order chi connectivity index (χ0) is 25.9. The number of nitrogens with two attached hydrogens (primary N) is 1. The molecule has 1 saturated heterocycles. The van der Waals surface area contributed by atoms with Gasteiger partial charge in [0.1, 0.15) is 0 Å². The van der Waals surface area contributed by atoms with Gasteiger partial charge in [0, 0.05) is 25.3 Å². The first kappa shape index (κ1) is 24.6. The number of nitrogens with zero attached hydrogens (tertiary/aromatic N) is 4. The van der Waals surface area contributed by atoms with Crippen LogP contribution in [0.4, 0.5) is 29.5 Å². The monoisotopic (exact) mass is 498 g/mol. The fourth-order valence-electron chi connectivity index (χ4n) is 3.69. The van der Waals surface area contributed by atoms with Crippen LogP contribution >= 0.6 is 0 Å². The van der Waals surface area contributed by atoms with Gasteiger partial charge in [0.2, 0.25) is 0 Å². The lowest BCUT2D eigenvalue weighted by atomic mass is 10.1. The first-order chi connectivity index (χ1) is 17.1. The summed E-state index contributed by atoms with van der Waals surface area (Å²) >= 11 is 0. The van der Waals surface area contributed by atoms with Gasteiger partial charge in [-0.3, -0.25) is 19.4 Å². The number of hydrogen-bond donors (Lipinski definition) is 2. The van der Waals surface area contributed by atoms with Gasteiger partial charge in [0.25, 0.3) is 11.8 Å². The number of alkyl halides is 3. The largest absolute Gasteiger partial charge is 0.417 e. The Hall–Kier alpha value is -4.48. The van der Waals surface area contributed by atoms with Gasteiger partial charge in [0.05, 0.1) is 11.1 Å². The van der Waals surface area contributed by atoms with Gasteiger partial charge in [-0.15, -0.1) is 10.2 Å². The van der Waals surface area contributed by atoms with Crippen molar-refractivity contribution in [3.8, 4) is 0 Å². The van der Waals surface area contributed by atoms with Gasteiger partial charge in [-0.05, 0) is 48.4 Å². The van der Waals surface area contributed by atoms with Gasteiger partial charge in [-0.1, -0.05) is 24.3 Å². The van der Waals surface area contributed by atoms with Crippen LogP contribution in [0.15, 0.2) is 60.7 Å². The van der Waals surface area contributed by atoms with Crippen LogP contribution < -0.4 is 16.0 Å². The number of halogens is 3. The average Bonchev–Trinajstić information content (AvgIpc) is 2.87. The van der Waals surface area contributed by atoms with E-state index in [4.69, 9.17) is 5.73 Å². The summed E-state index contributed by atoms with van der Waals surface area (Å²) < 4.78 is 40.1. The lowest BCUT2D eigenvalue weighted by Gasteiger charge is -2.33. The second-order valence-electron chi connectivity index (χ2n) is 7.99.